The topological polar surface area (TPSA) is 107 Å². The highest BCUT2D eigenvalue weighted by atomic mass is 32.2. The summed E-state index contributed by atoms with van der Waals surface area (Å²) in [4.78, 5) is 11.9. The second kappa shape index (κ2) is 6.60. The Hall–Kier alpha value is -1.81. The van der Waals surface area contributed by atoms with E-state index in [0.717, 1.165) is 10.6 Å². The summed E-state index contributed by atoms with van der Waals surface area (Å²) in [5.74, 6) is -0.682. The Morgan fingerprint density at radius 3 is 2.50 bits per heavy atom. The summed E-state index contributed by atoms with van der Waals surface area (Å²) in [6.07, 6.45) is -0.133. The molecule has 0 amide bonds. The molecule has 24 heavy (non-hydrogen) atoms. The molecule has 1 atom stereocenters. The van der Waals surface area contributed by atoms with E-state index in [2.05, 4.69) is 0 Å². The first-order chi connectivity index (χ1) is 11.1. The van der Waals surface area contributed by atoms with Gasteiger partial charge in [0.25, 0.3) is 0 Å². The van der Waals surface area contributed by atoms with E-state index in [1.807, 2.05) is 0 Å². The Bertz CT molecular complexity index is 846. The summed E-state index contributed by atoms with van der Waals surface area (Å²) < 4.78 is 59.5. The van der Waals surface area contributed by atoms with Crippen LogP contribution in [0.3, 0.4) is 0 Å². The number of carbonyl (C=O) groups excluding carboxylic acids is 1. The minimum absolute atomic E-state index is 0.00409. The van der Waals surface area contributed by atoms with Gasteiger partial charge in [-0.25, -0.2) is 21.6 Å². The van der Waals surface area contributed by atoms with Crippen LogP contribution >= 0.6 is 0 Å². The van der Waals surface area contributed by atoms with Crippen molar-refractivity contribution in [1.29, 1.82) is 0 Å². The van der Waals surface area contributed by atoms with Gasteiger partial charge >= 0.3 is 5.97 Å². The Kier molecular flexibility index (Phi) is 5.09. The molecule has 1 aromatic rings. The number of fused-ring (bicyclic) bond motifs is 1. The number of sulfone groups is 1. The third kappa shape index (κ3) is 3.64. The smallest absolute Gasteiger partial charge is 0.349 e. The summed E-state index contributed by atoms with van der Waals surface area (Å²) in [6.45, 7) is 2.99. The summed E-state index contributed by atoms with van der Waals surface area (Å²) >= 11 is 0. The number of benzene rings is 1. The van der Waals surface area contributed by atoms with E-state index in [9.17, 15) is 21.6 Å². The largest absolute Gasteiger partial charge is 0.475 e. The lowest BCUT2D eigenvalue weighted by Crippen LogP contribution is -2.47. The predicted molar refractivity (Wildman–Crippen MR) is 87.4 cm³/mol. The van der Waals surface area contributed by atoms with Crippen LogP contribution in [0, 0.1) is 0 Å². The minimum Gasteiger partial charge on any atom is -0.475 e. The molecule has 1 aliphatic rings. The lowest BCUT2D eigenvalue weighted by molar-refractivity contribution is -0.151. The molecular formula is C14H19NO7S2. The maximum absolute atomic E-state index is 12.1. The van der Waals surface area contributed by atoms with E-state index < -0.39 is 31.9 Å². The maximum atomic E-state index is 12.1. The first kappa shape index (κ1) is 18.5. The fraction of sp³-hybridized carbons (Fsp3) is 0.500. The quantitative estimate of drug-likeness (QED) is 0.690. The molecule has 8 nitrogen and oxygen atoms in total. The van der Waals surface area contributed by atoms with Crippen LogP contribution in [0.15, 0.2) is 23.1 Å². The van der Waals surface area contributed by atoms with Crippen molar-refractivity contribution in [3.8, 4) is 5.75 Å². The van der Waals surface area contributed by atoms with Crippen LogP contribution in [-0.2, 0) is 29.4 Å². The zero-order valence-electron chi connectivity index (χ0n) is 13.6. The van der Waals surface area contributed by atoms with Gasteiger partial charge in [0.15, 0.2) is 9.84 Å². The van der Waals surface area contributed by atoms with Crippen molar-refractivity contribution in [1.82, 2.24) is 0 Å². The lowest BCUT2D eigenvalue weighted by atomic mass is 10.2. The molecule has 134 valence electrons. The molecule has 0 aliphatic carbocycles. The van der Waals surface area contributed by atoms with Crippen molar-refractivity contribution in [2.75, 3.05) is 29.5 Å². The molecule has 0 saturated heterocycles. The summed E-state index contributed by atoms with van der Waals surface area (Å²) in [6, 6.07) is 3.92. The number of hydrogen-bond acceptors (Lipinski definition) is 7. The number of ether oxygens (including phenoxy) is 2. The number of nitrogens with zero attached hydrogens (tertiary/aromatic N) is 1. The minimum atomic E-state index is -3.74. The van der Waals surface area contributed by atoms with Gasteiger partial charge in [-0.3, -0.25) is 4.31 Å². The van der Waals surface area contributed by atoms with Gasteiger partial charge in [-0.05, 0) is 25.1 Å². The third-order valence-electron chi connectivity index (χ3n) is 3.49. The zero-order chi connectivity index (χ0) is 18.1. The maximum Gasteiger partial charge on any atom is 0.349 e. The highest BCUT2D eigenvalue weighted by Crippen LogP contribution is 2.37. The molecule has 0 bridgehead atoms. The van der Waals surface area contributed by atoms with E-state index in [4.69, 9.17) is 9.47 Å². The number of anilines is 1. The van der Waals surface area contributed by atoms with Gasteiger partial charge in [0.1, 0.15) is 5.75 Å². The number of sulfonamides is 1. The average molecular weight is 377 g/mol. The molecule has 0 spiro atoms. The average Bonchev–Trinajstić information content (AvgIpc) is 2.52. The Balaban J connectivity index is 2.53. The number of carbonyl (C=O) groups is 1. The highest BCUT2D eigenvalue weighted by molar-refractivity contribution is 7.92. The van der Waals surface area contributed by atoms with Crippen LogP contribution < -0.4 is 9.04 Å². The van der Waals surface area contributed by atoms with Crippen molar-refractivity contribution in [2.45, 2.75) is 24.8 Å². The van der Waals surface area contributed by atoms with Gasteiger partial charge in [-0.1, -0.05) is 6.92 Å². The van der Waals surface area contributed by atoms with Gasteiger partial charge in [0, 0.05) is 0 Å². The van der Waals surface area contributed by atoms with Crippen LogP contribution in [0.2, 0.25) is 0 Å². The number of hydrogen-bond donors (Lipinski definition) is 0. The van der Waals surface area contributed by atoms with E-state index in [1.165, 1.54) is 25.1 Å². The third-order valence-corrected chi connectivity index (χ3v) is 6.37. The molecule has 1 aliphatic heterocycles. The van der Waals surface area contributed by atoms with Crippen LogP contribution in [0.4, 0.5) is 5.69 Å². The van der Waals surface area contributed by atoms with Gasteiger partial charge in [-0.15, -0.1) is 0 Å². The van der Waals surface area contributed by atoms with Gasteiger partial charge in [0.05, 0.1) is 35.7 Å². The fourth-order valence-electron chi connectivity index (χ4n) is 2.26. The van der Waals surface area contributed by atoms with E-state index >= 15 is 0 Å². The molecule has 0 radical (unpaired) electrons. The molecule has 0 fully saturated rings. The fourth-order valence-corrected chi connectivity index (χ4v) is 4.07. The molecule has 1 aromatic carbocycles. The van der Waals surface area contributed by atoms with Crippen LogP contribution in [-0.4, -0.2) is 54.1 Å². The molecule has 1 heterocycles. The monoisotopic (exact) mass is 377 g/mol. The SMILES string of the molecule is CCOC(=O)[C@H]1CN(S(C)(=O)=O)c2cc(S(=O)(=O)CC)ccc2O1. The Morgan fingerprint density at radius 1 is 1.29 bits per heavy atom. The molecule has 0 saturated carbocycles. The second-order valence-corrected chi connectivity index (χ2v) is 9.37. The Labute approximate surface area is 141 Å². The first-order valence-corrected chi connectivity index (χ1v) is 10.8. The summed E-state index contributed by atoms with van der Waals surface area (Å²) in [7, 11) is -7.25. The van der Waals surface area contributed by atoms with E-state index in [-0.39, 0.29) is 35.2 Å². The highest BCUT2D eigenvalue weighted by Gasteiger charge is 2.36. The van der Waals surface area contributed by atoms with Gasteiger partial charge in [-0.2, -0.15) is 0 Å². The molecule has 10 heteroatoms. The van der Waals surface area contributed by atoms with Crippen LogP contribution in [0.5, 0.6) is 5.75 Å². The van der Waals surface area contributed by atoms with Crippen molar-refractivity contribution < 1.29 is 31.1 Å². The molecule has 0 aromatic heterocycles. The van der Waals surface area contributed by atoms with Crippen molar-refractivity contribution in [2.24, 2.45) is 0 Å². The summed E-state index contributed by atoms with van der Waals surface area (Å²) in [5, 5.41) is 0. The molecular weight excluding hydrogens is 358 g/mol. The number of esters is 1. The second-order valence-electron chi connectivity index (χ2n) is 5.19. The van der Waals surface area contributed by atoms with Crippen LogP contribution in [0.1, 0.15) is 13.8 Å². The molecule has 2 rings (SSSR count). The van der Waals surface area contributed by atoms with Crippen LogP contribution in [0.25, 0.3) is 0 Å². The van der Waals surface area contributed by atoms with Gasteiger partial charge in [0.2, 0.25) is 16.1 Å². The molecule has 0 unspecified atom stereocenters. The van der Waals surface area contributed by atoms with Crippen molar-refractivity contribution in [3.05, 3.63) is 18.2 Å². The summed E-state index contributed by atoms with van der Waals surface area (Å²) in [5.41, 5.74) is 0.0903. The van der Waals surface area contributed by atoms with Crippen molar-refractivity contribution >= 4 is 31.5 Å². The Morgan fingerprint density at radius 2 is 1.96 bits per heavy atom. The van der Waals surface area contributed by atoms with Crippen molar-refractivity contribution in [3.63, 3.8) is 0 Å². The lowest BCUT2D eigenvalue weighted by Gasteiger charge is -2.33. The normalized spacial score (nSPS) is 17.8. The molecule has 0 N–H and O–H groups in total. The first-order valence-electron chi connectivity index (χ1n) is 7.28. The number of rotatable bonds is 5. The predicted octanol–water partition coefficient (Wildman–Crippen LogP) is 0.570. The van der Waals surface area contributed by atoms with E-state index in [1.54, 1.807) is 6.92 Å². The van der Waals surface area contributed by atoms with Gasteiger partial charge < -0.3 is 9.47 Å². The van der Waals surface area contributed by atoms with E-state index in [0.29, 0.717) is 0 Å². The zero-order valence-corrected chi connectivity index (χ0v) is 15.2. The standard InChI is InChI=1S/C14H19NO7S2/c1-4-21-14(16)13-9-15(23(3,17)18)11-8-10(24(19,20)5-2)6-7-12(11)22-13/h6-8,13H,4-5,9H2,1-3H3/t13-/m1/s1.